The zero-order valence-electron chi connectivity index (χ0n) is 12.7. The molecule has 3 rings (SSSR count). The smallest absolute Gasteiger partial charge is 0.263 e. The van der Waals surface area contributed by atoms with E-state index in [1.165, 1.54) is 10.9 Å². The van der Waals surface area contributed by atoms with Crippen molar-refractivity contribution in [1.29, 1.82) is 0 Å². The summed E-state index contributed by atoms with van der Waals surface area (Å²) < 4.78 is 41.4. The van der Waals surface area contributed by atoms with E-state index in [4.69, 9.17) is 23.2 Å². The molecule has 0 amide bonds. The molecule has 1 aromatic heterocycles. The van der Waals surface area contributed by atoms with Crippen molar-refractivity contribution in [3.63, 3.8) is 0 Å². The van der Waals surface area contributed by atoms with Crippen LogP contribution in [0, 0.1) is 5.82 Å². The minimum absolute atomic E-state index is 0.0157. The molecule has 0 radical (unpaired) electrons. The van der Waals surface area contributed by atoms with Crippen molar-refractivity contribution in [2.24, 2.45) is 0 Å². The van der Waals surface area contributed by atoms with Gasteiger partial charge < -0.3 is 0 Å². The Morgan fingerprint density at radius 3 is 2.40 bits per heavy atom. The second kappa shape index (κ2) is 7.03. The first-order valence-electron chi connectivity index (χ1n) is 7.10. The molecule has 0 unspecified atom stereocenters. The van der Waals surface area contributed by atoms with Gasteiger partial charge in [0.05, 0.1) is 11.4 Å². The van der Waals surface area contributed by atoms with E-state index in [1.54, 1.807) is 6.07 Å². The van der Waals surface area contributed by atoms with Crippen molar-refractivity contribution in [1.82, 2.24) is 9.78 Å². The van der Waals surface area contributed by atoms with E-state index >= 15 is 0 Å². The molecule has 1 heterocycles. The quantitative estimate of drug-likeness (QED) is 0.699. The molecule has 25 heavy (non-hydrogen) atoms. The summed E-state index contributed by atoms with van der Waals surface area (Å²) in [6, 6.07) is 11.7. The van der Waals surface area contributed by atoms with Crippen LogP contribution >= 0.6 is 23.2 Å². The van der Waals surface area contributed by atoms with Crippen LogP contribution in [-0.2, 0) is 16.6 Å². The molecule has 3 aromatic rings. The highest BCUT2D eigenvalue weighted by atomic mass is 35.5. The van der Waals surface area contributed by atoms with E-state index < -0.39 is 15.8 Å². The fraction of sp³-hybridized carbons (Fsp3) is 0.0625. The zero-order chi connectivity index (χ0) is 18.0. The zero-order valence-corrected chi connectivity index (χ0v) is 15.0. The van der Waals surface area contributed by atoms with Gasteiger partial charge in [0, 0.05) is 11.2 Å². The lowest BCUT2D eigenvalue weighted by Crippen LogP contribution is -2.14. The standard InChI is InChI=1S/C16H12Cl2FN3O2S/c17-14-4-2-1-3-11(14)9-22-10-15(18)16(20-22)21-25(23,24)13-7-5-12(19)6-8-13/h1-8,10H,9H2,(H,20,21). The molecule has 0 saturated carbocycles. The van der Waals surface area contributed by atoms with Crippen molar-refractivity contribution in [2.45, 2.75) is 11.4 Å². The first kappa shape index (κ1) is 17.7. The van der Waals surface area contributed by atoms with Gasteiger partial charge in [0.15, 0.2) is 5.82 Å². The summed E-state index contributed by atoms with van der Waals surface area (Å²) in [7, 11) is -3.92. The summed E-state index contributed by atoms with van der Waals surface area (Å²) in [6.07, 6.45) is 1.49. The molecule has 2 aromatic carbocycles. The number of aromatic nitrogens is 2. The number of hydrogen-bond donors (Lipinski definition) is 1. The monoisotopic (exact) mass is 399 g/mol. The highest BCUT2D eigenvalue weighted by Crippen LogP contribution is 2.24. The Hall–Kier alpha value is -2.09. The Kier molecular flexibility index (Phi) is 4.99. The van der Waals surface area contributed by atoms with E-state index in [9.17, 15) is 12.8 Å². The fourth-order valence-corrected chi connectivity index (χ4v) is 3.62. The molecular weight excluding hydrogens is 388 g/mol. The number of hydrogen-bond acceptors (Lipinski definition) is 3. The van der Waals surface area contributed by atoms with E-state index in [-0.39, 0.29) is 15.7 Å². The lowest BCUT2D eigenvalue weighted by atomic mass is 10.2. The summed E-state index contributed by atoms with van der Waals surface area (Å²) in [5.41, 5.74) is 0.816. The fourth-order valence-electron chi connectivity index (χ4n) is 2.15. The Labute approximate surface area is 154 Å². The number of nitrogens with one attached hydrogen (secondary N) is 1. The average Bonchev–Trinajstić information content (AvgIpc) is 2.89. The van der Waals surface area contributed by atoms with Crippen LogP contribution in [0.15, 0.2) is 59.6 Å². The van der Waals surface area contributed by atoms with Crippen LogP contribution < -0.4 is 4.72 Å². The molecule has 0 atom stereocenters. The van der Waals surface area contributed by atoms with Crippen LogP contribution in [0.4, 0.5) is 10.2 Å². The predicted molar refractivity (Wildman–Crippen MR) is 95.0 cm³/mol. The first-order valence-corrected chi connectivity index (χ1v) is 9.34. The molecule has 0 aliphatic rings. The normalized spacial score (nSPS) is 11.5. The van der Waals surface area contributed by atoms with Crippen molar-refractivity contribution in [3.05, 3.63) is 76.2 Å². The van der Waals surface area contributed by atoms with Crippen LogP contribution in [-0.4, -0.2) is 18.2 Å². The molecule has 0 spiro atoms. The van der Waals surface area contributed by atoms with Gasteiger partial charge in [-0.2, -0.15) is 5.10 Å². The van der Waals surface area contributed by atoms with Gasteiger partial charge in [-0.05, 0) is 35.9 Å². The Balaban J connectivity index is 1.83. The van der Waals surface area contributed by atoms with Gasteiger partial charge in [0.1, 0.15) is 10.8 Å². The first-order chi connectivity index (χ1) is 11.8. The summed E-state index contributed by atoms with van der Waals surface area (Å²) in [4.78, 5) is -0.0920. The predicted octanol–water partition coefficient (Wildman–Crippen LogP) is 4.18. The summed E-state index contributed by atoms with van der Waals surface area (Å²) in [5, 5.41) is 4.84. The van der Waals surface area contributed by atoms with Gasteiger partial charge in [-0.3, -0.25) is 9.40 Å². The molecule has 0 bridgehead atoms. The number of rotatable bonds is 5. The van der Waals surface area contributed by atoms with Crippen LogP contribution in [0.25, 0.3) is 0 Å². The summed E-state index contributed by atoms with van der Waals surface area (Å²) in [5.74, 6) is -0.543. The van der Waals surface area contributed by atoms with E-state index in [0.29, 0.717) is 11.6 Å². The average molecular weight is 400 g/mol. The Morgan fingerprint density at radius 2 is 1.72 bits per heavy atom. The van der Waals surface area contributed by atoms with Gasteiger partial charge in [-0.15, -0.1) is 0 Å². The summed E-state index contributed by atoms with van der Waals surface area (Å²) in [6.45, 7) is 0.331. The highest BCUT2D eigenvalue weighted by molar-refractivity contribution is 7.92. The number of halogens is 3. The van der Waals surface area contributed by atoms with E-state index in [0.717, 1.165) is 29.8 Å². The largest absolute Gasteiger partial charge is 0.265 e. The van der Waals surface area contributed by atoms with Gasteiger partial charge in [-0.1, -0.05) is 41.4 Å². The number of anilines is 1. The van der Waals surface area contributed by atoms with E-state index in [2.05, 4.69) is 9.82 Å². The van der Waals surface area contributed by atoms with Crippen LogP contribution in [0.1, 0.15) is 5.56 Å². The number of sulfonamides is 1. The Bertz CT molecular complexity index is 1000. The molecule has 0 fully saturated rings. The van der Waals surface area contributed by atoms with Crippen LogP contribution in [0.2, 0.25) is 10.0 Å². The van der Waals surface area contributed by atoms with Gasteiger partial charge >= 0.3 is 0 Å². The second-order valence-electron chi connectivity index (χ2n) is 5.17. The van der Waals surface area contributed by atoms with Crippen molar-refractivity contribution in [2.75, 3.05) is 4.72 Å². The van der Waals surface area contributed by atoms with E-state index in [1.807, 2.05) is 18.2 Å². The molecule has 0 saturated heterocycles. The van der Waals surface area contributed by atoms with Crippen LogP contribution in [0.5, 0.6) is 0 Å². The minimum atomic E-state index is -3.92. The molecule has 130 valence electrons. The minimum Gasteiger partial charge on any atom is -0.265 e. The number of benzene rings is 2. The molecular formula is C16H12Cl2FN3O2S. The SMILES string of the molecule is O=S(=O)(Nc1nn(Cc2ccccc2Cl)cc1Cl)c1ccc(F)cc1. The molecule has 1 N–H and O–H groups in total. The maximum Gasteiger partial charge on any atom is 0.263 e. The van der Waals surface area contributed by atoms with Crippen LogP contribution in [0.3, 0.4) is 0 Å². The third-order valence-corrected chi connectivity index (χ3v) is 5.36. The third-order valence-electron chi connectivity index (χ3n) is 3.36. The van der Waals surface area contributed by atoms with Crippen molar-refractivity contribution >= 4 is 39.0 Å². The lowest BCUT2D eigenvalue weighted by Gasteiger charge is -2.06. The summed E-state index contributed by atoms with van der Waals surface area (Å²) >= 11 is 12.2. The maximum atomic E-state index is 12.9. The van der Waals surface area contributed by atoms with Gasteiger partial charge in [-0.25, -0.2) is 12.8 Å². The van der Waals surface area contributed by atoms with Crippen molar-refractivity contribution < 1.29 is 12.8 Å². The van der Waals surface area contributed by atoms with Gasteiger partial charge in [0.2, 0.25) is 0 Å². The second-order valence-corrected chi connectivity index (χ2v) is 7.67. The third kappa shape index (κ3) is 4.12. The molecule has 9 heteroatoms. The maximum absolute atomic E-state index is 12.9. The molecule has 0 aliphatic carbocycles. The van der Waals surface area contributed by atoms with Gasteiger partial charge in [0.25, 0.3) is 10.0 Å². The lowest BCUT2D eigenvalue weighted by molar-refractivity contribution is 0.599. The molecule has 0 aliphatic heterocycles. The number of nitrogens with zero attached hydrogens (tertiary/aromatic N) is 2. The Morgan fingerprint density at radius 1 is 1.04 bits per heavy atom. The van der Waals surface area contributed by atoms with Crippen molar-refractivity contribution in [3.8, 4) is 0 Å². The highest BCUT2D eigenvalue weighted by Gasteiger charge is 2.18. The molecule has 5 nitrogen and oxygen atoms in total. The topological polar surface area (TPSA) is 64.0 Å².